The number of carbonyl (C=O) groups excluding carboxylic acids is 1. The van der Waals surface area contributed by atoms with Crippen LogP contribution in [-0.2, 0) is 19.5 Å². The van der Waals surface area contributed by atoms with Crippen molar-refractivity contribution in [3.63, 3.8) is 0 Å². The number of nitrogens with zero attached hydrogens (tertiary/aromatic N) is 3. The summed E-state index contributed by atoms with van der Waals surface area (Å²) in [6.07, 6.45) is 0.669. The van der Waals surface area contributed by atoms with E-state index in [2.05, 4.69) is 14.7 Å². The first-order valence-electron chi connectivity index (χ1n) is 13.6. The topological polar surface area (TPSA) is 129 Å². The van der Waals surface area contributed by atoms with Crippen molar-refractivity contribution in [1.82, 2.24) is 19.3 Å². The number of ether oxygens (including phenoxy) is 1. The number of hydrogen-bond donors (Lipinski definition) is 1. The van der Waals surface area contributed by atoms with Crippen LogP contribution in [-0.4, -0.2) is 83.6 Å². The molecule has 0 saturated carbocycles. The standard InChI is InChI=1S/C32H25FN4O6S.K/c1-3-21-15-24-29(39)36(17-26(38)20-12-13-27(42-2)25(33)14-20)32(41)37(30(24)44-21)16-18-8-10-19(11-9-18)22-6-4-5-7-23(22)28-34-31(40)43-35-28;/h4-15H,3,16-17H2,1-2H3,(H,34,35,40);. The summed E-state index contributed by atoms with van der Waals surface area (Å²) in [5.41, 5.74) is 1.93. The molecule has 0 bridgehead atoms. The second-order valence-electron chi connectivity index (χ2n) is 10.0. The Hall–Kier alpha value is -3.72. The Balaban J connectivity index is 0.00000400. The van der Waals surface area contributed by atoms with Gasteiger partial charge in [-0.25, -0.2) is 14.0 Å². The number of methoxy groups -OCH3 is 1. The van der Waals surface area contributed by atoms with Crippen LogP contribution in [0.4, 0.5) is 4.39 Å². The van der Waals surface area contributed by atoms with Crippen LogP contribution in [0.3, 0.4) is 0 Å². The molecule has 0 spiro atoms. The van der Waals surface area contributed by atoms with E-state index in [9.17, 15) is 23.6 Å². The molecule has 0 saturated heterocycles. The maximum absolute atomic E-state index is 14.3. The molecule has 6 rings (SSSR count). The summed E-state index contributed by atoms with van der Waals surface area (Å²) in [5, 5.41) is 4.14. The predicted molar refractivity (Wildman–Crippen MR) is 170 cm³/mol. The Kier molecular flexibility index (Phi) is 9.96. The Morgan fingerprint density at radius 1 is 1.00 bits per heavy atom. The van der Waals surface area contributed by atoms with E-state index in [0.29, 0.717) is 28.0 Å². The molecule has 0 amide bonds. The smallest absolute Gasteiger partial charge is 0.439 e. The van der Waals surface area contributed by atoms with Gasteiger partial charge >= 0.3 is 11.4 Å². The minimum Gasteiger partial charge on any atom is -0.494 e. The number of fused-ring (bicyclic) bond motifs is 1. The first kappa shape index (κ1) is 32.7. The fraction of sp³-hybridized carbons (Fsp3) is 0.156. The molecule has 10 nitrogen and oxygen atoms in total. The van der Waals surface area contributed by atoms with Crippen LogP contribution in [0.1, 0.15) is 27.7 Å². The number of halogens is 1. The molecule has 3 heterocycles. The number of carbonyl (C=O) groups is 1. The molecule has 0 unspecified atom stereocenters. The summed E-state index contributed by atoms with van der Waals surface area (Å²) in [5.74, 6) is -1.66. The number of aromatic nitrogens is 4. The van der Waals surface area contributed by atoms with E-state index in [-0.39, 0.29) is 69.2 Å². The Morgan fingerprint density at radius 2 is 1.73 bits per heavy atom. The average molecular weight is 652 g/mol. The van der Waals surface area contributed by atoms with Crippen LogP contribution in [0.15, 0.2) is 91.7 Å². The number of aromatic amines is 1. The van der Waals surface area contributed by atoms with Crippen molar-refractivity contribution in [3.8, 4) is 28.3 Å². The molecule has 0 aliphatic rings. The molecule has 0 fully saturated rings. The molecular weight excluding hydrogens is 627 g/mol. The average Bonchev–Trinajstić information content (AvgIpc) is 3.68. The number of ketones is 1. The number of hydrogen-bond acceptors (Lipinski definition) is 8. The van der Waals surface area contributed by atoms with Crippen LogP contribution >= 0.6 is 11.3 Å². The van der Waals surface area contributed by atoms with E-state index in [4.69, 9.17) is 4.74 Å². The number of benzene rings is 3. The number of aryl methyl sites for hydroxylation is 1. The second-order valence-corrected chi connectivity index (χ2v) is 11.1. The van der Waals surface area contributed by atoms with Crippen molar-refractivity contribution in [2.75, 3.05) is 7.11 Å². The number of H-pyrrole nitrogens is 1. The SMILES string of the molecule is CCc1cc2c(=O)n(CC(=O)c3ccc(OC)c(F)c3)c(=O)n(Cc3ccc(-c4ccccc4-c4noc(=O)[nH]4)cc3)c2s1.[K]. The van der Waals surface area contributed by atoms with Crippen molar-refractivity contribution >= 4 is 78.7 Å². The van der Waals surface area contributed by atoms with E-state index < -0.39 is 35.2 Å². The molecule has 6 aromatic rings. The molecule has 1 N–H and O–H groups in total. The summed E-state index contributed by atoms with van der Waals surface area (Å²) in [6.45, 7) is 1.55. The number of thiophene rings is 1. The Bertz CT molecular complexity index is 2210. The van der Waals surface area contributed by atoms with Crippen LogP contribution in [0, 0.1) is 5.82 Å². The maximum Gasteiger partial charge on any atom is 0.439 e. The van der Waals surface area contributed by atoms with Gasteiger partial charge in [0.15, 0.2) is 23.2 Å². The fourth-order valence-electron chi connectivity index (χ4n) is 5.04. The van der Waals surface area contributed by atoms with Gasteiger partial charge in [0.2, 0.25) is 0 Å². The van der Waals surface area contributed by atoms with Gasteiger partial charge in [-0.15, -0.1) is 11.3 Å². The Morgan fingerprint density at radius 3 is 2.38 bits per heavy atom. The predicted octanol–water partition coefficient (Wildman–Crippen LogP) is 4.50. The molecule has 0 aliphatic carbocycles. The monoisotopic (exact) mass is 651 g/mol. The van der Waals surface area contributed by atoms with Gasteiger partial charge in [0.1, 0.15) is 4.83 Å². The number of rotatable bonds is 9. The first-order chi connectivity index (χ1) is 21.3. The maximum atomic E-state index is 14.3. The molecule has 0 atom stereocenters. The molecule has 45 heavy (non-hydrogen) atoms. The van der Waals surface area contributed by atoms with Crippen LogP contribution in [0.2, 0.25) is 0 Å². The van der Waals surface area contributed by atoms with Gasteiger partial charge < -0.3 is 4.74 Å². The molecule has 223 valence electrons. The zero-order valence-corrected chi connectivity index (χ0v) is 28.6. The third-order valence-corrected chi connectivity index (χ3v) is 8.60. The summed E-state index contributed by atoms with van der Waals surface area (Å²) in [6, 6.07) is 20.4. The largest absolute Gasteiger partial charge is 0.494 e. The van der Waals surface area contributed by atoms with Gasteiger partial charge in [-0.3, -0.25) is 28.2 Å². The summed E-state index contributed by atoms with van der Waals surface area (Å²) < 4.78 is 26.3. The van der Waals surface area contributed by atoms with Crippen molar-refractivity contribution in [2.45, 2.75) is 26.4 Å². The van der Waals surface area contributed by atoms with Gasteiger partial charge in [-0.05, 0) is 47.4 Å². The van der Waals surface area contributed by atoms with Crippen molar-refractivity contribution in [3.05, 3.63) is 126 Å². The quantitative estimate of drug-likeness (QED) is 0.180. The summed E-state index contributed by atoms with van der Waals surface area (Å²) in [7, 11) is 1.32. The van der Waals surface area contributed by atoms with E-state index in [1.807, 2.05) is 55.5 Å². The van der Waals surface area contributed by atoms with Crippen molar-refractivity contribution < 1.29 is 18.4 Å². The van der Waals surface area contributed by atoms with E-state index >= 15 is 0 Å². The van der Waals surface area contributed by atoms with Gasteiger partial charge in [-0.2, -0.15) is 0 Å². The molecule has 1 radical (unpaired) electrons. The van der Waals surface area contributed by atoms with E-state index in [0.717, 1.165) is 32.2 Å². The summed E-state index contributed by atoms with van der Waals surface area (Å²) in [4.78, 5) is 55.8. The minimum absolute atomic E-state index is 0. The first-order valence-corrected chi connectivity index (χ1v) is 14.5. The van der Waals surface area contributed by atoms with Gasteiger partial charge in [0.25, 0.3) is 5.56 Å². The van der Waals surface area contributed by atoms with E-state index in [1.165, 1.54) is 35.1 Å². The zero-order chi connectivity index (χ0) is 31.0. The normalized spacial score (nSPS) is 11.0. The van der Waals surface area contributed by atoms with Gasteiger partial charge in [0, 0.05) is 67.4 Å². The second kappa shape index (κ2) is 13.7. The molecule has 13 heteroatoms. The van der Waals surface area contributed by atoms with Gasteiger partial charge in [-0.1, -0.05) is 60.6 Å². The molecule has 0 aliphatic heterocycles. The Labute approximate surface area is 301 Å². The van der Waals surface area contributed by atoms with Crippen molar-refractivity contribution in [1.29, 1.82) is 0 Å². The minimum atomic E-state index is -0.718. The van der Waals surface area contributed by atoms with E-state index in [1.54, 1.807) is 6.07 Å². The van der Waals surface area contributed by atoms with Crippen LogP contribution in [0.5, 0.6) is 5.75 Å². The third-order valence-electron chi connectivity index (χ3n) is 7.30. The molecular formula is C32H25FKN4O6S. The molecule has 3 aromatic carbocycles. The third kappa shape index (κ3) is 6.50. The molecule has 3 aromatic heterocycles. The van der Waals surface area contributed by atoms with Crippen LogP contribution < -0.4 is 21.7 Å². The van der Waals surface area contributed by atoms with Crippen molar-refractivity contribution in [2.24, 2.45) is 0 Å². The zero-order valence-electron chi connectivity index (χ0n) is 24.6. The van der Waals surface area contributed by atoms with Gasteiger partial charge in [0.05, 0.1) is 25.6 Å². The number of Topliss-reactive ketones (excluding diaryl/α,β-unsaturated/α-hetero) is 1. The van der Waals surface area contributed by atoms with Crippen LogP contribution in [0.25, 0.3) is 32.7 Å². The fourth-order valence-corrected chi connectivity index (χ4v) is 6.12. The number of nitrogens with one attached hydrogen (secondary N) is 1. The summed E-state index contributed by atoms with van der Waals surface area (Å²) >= 11 is 1.36.